The van der Waals surface area contributed by atoms with Crippen LogP contribution in [0.4, 0.5) is 5.82 Å². The molecule has 1 atom stereocenters. The van der Waals surface area contributed by atoms with E-state index in [0.717, 1.165) is 37.0 Å². The van der Waals surface area contributed by atoms with Gasteiger partial charge in [0, 0.05) is 25.4 Å². The molecule has 0 saturated carbocycles. The highest BCUT2D eigenvalue weighted by molar-refractivity contribution is 6.01. The zero-order valence-corrected chi connectivity index (χ0v) is 20.4. The number of nitriles is 1. The Bertz CT molecular complexity index is 1240. The van der Waals surface area contributed by atoms with E-state index in [4.69, 9.17) is 14.2 Å². The number of amides is 1. The molecule has 1 unspecified atom stereocenters. The Hall–Kier alpha value is -3.93. The van der Waals surface area contributed by atoms with Gasteiger partial charge >= 0.3 is 0 Å². The van der Waals surface area contributed by atoms with Crippen LogP contribution in [0.15, 0.2) is 61.1 Å². The summed E-state index contributed by atoms with van der Waals surface area (Å²) in [4.78, 5) is 16.7. The topological polar surface area (TPSA) is 98.4 Å². The number of nitrogens with one attached hydrogen (secondary N) is 1. The molecule has 3 aromatic rings. The number of aromatic nitrogens is 2. The molecule has 2 aromatic carbocycles. The van der Waals surface area contributed by atoms with E-state index in [-0.39, 0.29) is 12.2 Å². The molecular formula is C28H30N4O4. The van der Waals surface area contributed by atoms with Crippen LogP contribution in [0.5, 0.6) is 5.75 Å². The lowest BCUT2D eigenvalue weighted by molar-refractivity contribution is -0.165. The lowest BCUT2D eigenvalue weighted by atomic mass is 10.1. The number of rotatable bonds is 10. The number of imidazole rings is 1. The number of hydrogen-bond donors (Lipinski definition) is 1. The third kappa shape index (κ3) is 7.54. The molecule has 1 aromatic heterocycles. The molecule has 0 aliphatic carbocycles. The Kier molecular flexibility index (Phi) is 8.87. The normalized spacial score (nSPS) is 15.5. The molecule has 1 fully saturated rings. The molecule has 1 aliphatic heterocycles. The van der Waals surface area contributed by atoms with Gasteiger partial charge in [0.15, 0.2) is 12.1 Å². The van der Waals surface area contributed by atoms with Gasteiger partial charge in [0.25, 0.3) is 0 Å². The highest BCUT2D eigenvalue weighted by Crippen LogP contribution is 2.21. The van der Waals surface area contributed by atoms with Crippen LogP contribution in [0, 0.1) is 18.3 Å². The van der Waals surface area contributed by atoms with Gasteiger partial charge in [-0.3, -0.25) is 4.79 Å². The van der Waals surface area contributed by atoms with Gasteiger partial charge in [-0.15, -0.1) is 0 Å². The van der Waals surface area contributed by atoms with Gasteiger partial charge in [0.1, 0.15) is 18.4 Å². The number of carbonyl (C=O) groups excluding carboxylic acids is 1. The number of aryl methyl sites for hydroxylation is 1. The van der Waals surface area contributed by atoms with E-state index in [9.17, 15) is 10.1 Å². The molecule has 4 rings (SSSR count). The minimum Gasteiger partial charge on any atom is -0.490 e. The van der Waals surface area contributed by atoms with Crippen molar-refractivity contribution in [3.63, 3.8) is 0 Å². The largest absolute Gasteiger partial charge is 0.490 e. The monoisotopic (exact) mass is 486 g/mol. The van der Waals surface area contributed by atoms with Crippen LogP contribution >= 0.6 is 0 Å². The summed E-state index contributed by atoms with van der Waals surface area (Å²) in [6.07, 6.45) is 9.45. The maximum Gasteiger partial charge on any atom is 0.249 e. The zero-order valence-electron chi connectivity index (χ0n) is 20.4. The molecule has 1 aliphatic rings. The van der Waals surface area contributed by atoms with Crippen molar-refractivity contribution < 1.29 is 19.0 Å². The van der Waals surface area contributed by atoms with Crippen LogP contribution < -0.4 is 10.1 Å². The molecular weight excluding hydrogens is 456 g/mol. The molecule has 1 N–H and O–H groups in total. The van der Waals surface area contributed by atoms with Crippen LogP contribution in [-0.2, 0) is 20.8 Å². The number of anilines is 1. The first-order valence-electron chi connectivity index (χ1n) is 12.1. The standard InChI is InChI=1S/C28H30N4O4/c1-21-5-4-6-23(15-21)18-32-19-26(30-20-32)31-27(33)11-9-22-8-10-24(17-29)25(16-22)34-13-14-36-28-7-2-3-12-35-28/h4-6,8-11,15-16,19-20,28H,2-3,7,12-14,18H2,1H3,(H,31,33)/b11-9+. The SMILES string of the molecule is Cc1cccc(Cn2cnc(NC(=O)/C=C/c3ccc(C#N)c(OCCOC4CCCCO4)c3)c2)c1. The van der Waals surface area contributed by atoms with Gasteiger partial charge in [-0.25, -0.2) is 4.98 Å². The lowest BCUT2D eigenvalue weighted by Crippen LogP contribution is -2.24. The molecule has 0 bridgehead atoms. The summed E-state index contributed by atoms with van der Waals surface area (Å²) >= 11 is 0. The van der Waals surface area contributed by atoms with Crippen molar-refractivity contribution in [2.75, 3.05) is 25.1 Å². The maximum atomic E-state index is 12.4. The Morgan fingerprint density at radius 3 is 3.00 bits per heavy atom. The molecule has 8 heteroatoms. The van der Waals surface area contributed by atoms with Crippen molar-refractivity contribution in [2.24, 2.45) is 0 Å². The Balaban J connectivity index is 1.28. The average molecular weight is 487 g/mol. The summed E-state index contributed by atoms with van der Waals surface area (Å²) in [5.74, 6) is 0.620. The summed E-state index contributed by atoms with van der Waals surface area (Å²) < 4.78 is 18.9. The Morgan fingerprint density at radius 1 is 1.28 bits per heavy atom. The number of hydrogen-bond acceptors (Lipinski definition) is 6. The molecule has 1 saturated heterocycles. The van der Waals surface area contributed by atoms with E-state index in [1.165, 1.54) is 11.6 Å². The van der Waals surface area contributed by atoms with E-state index < -0.39 is 0 Å². The first-order chi connectivity index (χ1) is 17.6. The number of nitrogens with zero attached hydrogens (tertiary/aromatic N) is 3. The summed E-state index contributed by atoms with van der Waals surface area (Å²) in [6, 6.07) is 15.6. The molecule has 0 spiro atoms. The van der Waals surface area contributed by atoms with E-state index in [0.29, 0.717) is 36.9 Å². The number of carbonyl (C=O) groups is 1. The Labute approximate surface area is 211 Å². The van der Waals surface area contributed by atoms with Gasteiger partial charge in [-0.1, -0.05) is 35.9 Å². The Morgan fingerprint density at radius 2 is 2.19 bits per heavy atom. The second-order valence-electron chi connectivity index (χ2n) is 8.63. The second-order valence-corrected chi connectivity index (χ2v) is 8.63. The quantitative estimate of drug-likeness (QED) is 0.330. The highest BCUT2D eigenvalue weighted by Gasteiger charge is 2.14. The van der Waals surface area contributed by atoms with Crippen LogP contribution in [-0.4, -0.2) is 41.6 Å². The van der Waals surface area contributed by atoms with Gasteiger partial charge in [-0.2, -0.15) is 5.26 Å². The fourth-order valence-electron chi connectivity index (χ4n) is 3.90. The summed E-state index contributed by atoms with van der Waals surface area (Å²) in [5.41, 5.74) is 3.52. The summed E-state index contributed by atoms with van der Waals surface area (Å²) in [7, 11) is 0. The minimum atomic E-state index is -0.302. The fourth-order valence-corrected chi connectivity index (χ4v) is 3.90. The third-order valence-electron chi connectivity index (χ3n) is 5.67. The van der Waals surface area contributed by atoms with E-state index >= 15 is 0 Å². The lowest BCUT2D eigenvalue weighted by Gasteiger charge is -2.22. The van der Waals surface area contributed by atoms with Crippen LogP contribution in [0.1, 0.15) is 41.5 Å². The van der Waals surface area contributed by atoms with Crippen LogP contribution in [0.2, 0.25) is 0 Å². The number of benzene rings is 2. The van der Waals surface area contributed by atoms with Gasteiger partial charge < -0.3 is 24.1 Å². The van der Waals surface area contributed by atoms with Crippen LogP contribution in [0.25, 0.3) is 6.08 Å². The van der Waals surface area contributed by atoms with E-state index in [1.807, 2.05) is 10.6 Å². The van der Waals surface area contributed by atoms with E-state index in [2.05, 4.69) is 41.5 Å². The first kappa shape index (κ1) is 25.2. The average Bonchev–Trinajstić information content (AvgIpc) is 3.32. The van der Waals surface area contributed by atoms with Crippen molar-refractivity contribution in [1.82, 2.24) is 9.55 Å². The summed E-state index contributed by atoms with van der Waals surface area (Å²) in [5, 5.41) is 12.2. The predicted molar refractivity (Wildman–Crippen MR) is 136 cm³/mol. The second kappa shape index (κ2) is 12.7. The van der Waals surface area contributed by atoms with Crippen molar-refractivity contribution in [3.05, 3.63) is 83.3 Å². The molecule has 36 heavy (non-hydrogen) atoms. The molecule has 2 heterocycles. The minimum absolute atomic E-state index is 0.181. The highest BCUT2D eigenvalue weighted by atomic mass is 16.7. The molecule has 1 amide bonds. The molecule has 186 valence electrons. The first-order valence-corrected chi connectivity index (χ1v) is 12.1. The maximum absolute atomic E-state index is 12.4. The van der Waals surface area contributed by atoms with Crippen molar-refractivity contribution in [2.45, 2.75) is 39.0 Å². The fraction of sp³-hybridized carbons (Fsp3) is 0.321. The smallest absolute Gasteiger partial charge is 0.249 e. The van der Waals surface area contributed by atoms with Crippen molar-refractivity contribution in [1.29, 1.82) is 5.26 Å². The summed E-state index contributed by atoms with van der Waals surface area (Å²) in [6.45, 7) is 4.12. The molecule has 8 nitrogen and oxygen atoms in total. The van der Waals surface area contributed by atoms with Gasteiger partial charge in [0.05, 0.1) is 18.5 Å². The van der Waals surface area contributed by atoms with E-state index in [1.54, 1.807) is 36.8 Å². The zero-order chi connectivity index (χ0) is 25.2. The van der Waals surface area contributed by atoms with Crippen LogP contribution in [0.3, 0.4) is 0 Å². The predicted octanol–water partition coefficient (Wildman–Crippen LogP) is 4.69. The molecule has 0 radical (unpaired) electrons. The van der Waals surface area contributed by atoms with Gasteiger partial charge in [-0.05, 0) is 55.5 Å². The third-order valence-corrected chi connectivity index (χ3v) is 5.67. The number of ether oxygens (including phenoxy) is 3. The van der Waals surface area contributed by atoms with Crippen molar-refractivity contribution in [3.8, 4) is 11.8 Å². The van der Waals surface area contributed by atoms with Gasteiger partial charge in [0.2, 0.25) is 5.91 Å². The van der Waals surface area contributed by atoms with Crippen molar-refractivity contribution >= 4 is 17.8 Å².